The van der Waals surface area contributed by atoms with Crippen molar-refractivity contribution in [3.8, 4) is 0 Å². The number of anilines is 1. The van der Waals surface area contributed by atoms with Crippen LogP contribution in [0.15, 0.2) is 12.1 Å². The highest BCUT2D eigenvalue weighted by molar-refractivity contribution is 7.22. The summed E-state index contributed by atoms with van der Waals surface area (Å²) < 4.78 is 1.27. The minimum atomic E-state index is 0.152. The van der Waals surface area contributed by atoms with Gasteiger partial charge in [0.2, 0.25) is 5.91 Å². The summed E-state index contributed by atoms with van der Waals surface area (Å²) in [4.78, 5) is 20.1. The van der Waals surface area contributed by atoms with Gasteiger partial charge in [0.05, 0.1) is 10.2 Å². The second-order valence-electron chi connectivity index (χ2n) is 9.07. The highest BCUT2D eigenvalue weighted by Gasteiger charge is 2.32. The average molecular weight is 400 g/mol. The van der Waals surface area contributed by atoms with E-state index in [1.165, 1.54) is 28.7 Å². The molecule has 1 N–H and O–H groups in total. The van der Waals surface area contributed by atoms with E-state index in [1.54, 1.807) is 11.3 Å². The molecular formula is C23H33N3OS. The number of aromatic nitrogens is 1. The number of benzene rings is 1. The summed E-state index contributed by atoms with van der Waals surface area (Å²) in [5.41, 5.74) is 3.68. The third-order valence-electron chi connectivity index (χ3n) is 6.99. The fourth-order valence-electron chi connectivity index (χ4n) is 4.91. The SMILES string of the molecule is Cc1cc(C)c2nc(N3CCC(C(=O)N[C@@H]4CCC[C@@H](C)[C@H]4C)CC3)sc2c1. The number of piperidine rings is 1. The van der Waals surface area contributed by atoms with Gasteiger partial charge in [-0.3, -0.25) is 4.79 Å². The number of hydrogen-bond donors (Lipinski definition) is 1. The summed E-state index contributed by atoms with van der Waals surface area (Å²) in [6, 6.07) is 4.80. The van der Waals surface area contributed by atoms with Crippen molar-refractivity contribution in [2.24, 2.45) is 17.8 Å². The fourth-order valence-corrected chi connectivity index (χ4v) is 6.11. The summed E-state index contributed by atoms with van der Waals surface area (Å²) in [5.74, 6) is 1.74. The van der Waals surface area contributed by atoms with E-state index in [1.807, 2.05) is 0 Å². The molecule has 2 heterocycles. The number of nitrogens with one attached hydrogen (secondary N) is 1. The first-order valence-corrected chi connectivity index (χ1v) is 11.7. The molecule has 1 aliphatic heterocycles. The lowest BCUT2D eigenvalue weighted by Gasteiger charge is -2.37. The van der Waals surface area contributed by atoms with Crippen molar-refractivity contribution < 1.29 is 4.79 Å². The molecule has 0 bridgehead atoms. The third-order valence-corrected chi connectivity index (χ3v) is 8.05. The van der Waals surface area contributed by atoms with Gasteiger partial charge in [-0.25, -0.2) is 4.98 Å². The monoisotopic (exact) mass is 399 g/mol. The molecule has 4 rings (SSSR count). The molecular weight excluding hydrogens is 366 g/mol. The van der Waals surface area contributed by atoms with Gasteiger partial charge >= 0.3 is 0 Å². The Morgan fingerprint density at radius 1 is 1.14 bits per heavy atom. The zero-order valence-corrected chi connectivity index (χ0v) is 18.4. The molecule has 0 radical (unpaired) electrons. The van der Waals surface area contributed by atoms with E-state index in [0.29, 0.717) is 17.9 Å². The van der Waals surface area contributed by atoms with Gasteiger partial charge in [-0.15, -0.1) is 0 Å². The molecule has 152 valence electrons. The number of carbonyl (C=O) groups is 1. The van der Waals surface area contributed by atoms with Crippen molar-refractivity contribution >= 4 is 32.6 Å². The molecule has 3 atom stereocenters. The molecule has 2 fully saturated rings. The summed E-state index contributed by atoms with van der Waals surface area (Å²) in [6.07, 6.45) is 5.53. The first kappa shape index (κ1) is 19.7. The molecule has 28 heavy (non-hydrogen) atoms. The second kappa shape index (κ2) is 8.02. The number of amides is 1. The Kier molecular flexibility index (Phi) is 5.64. The van der Waals surface area contributed by atoms with Crippen LogP contribution in [-0.4, -0.2) is 30.0 Å². The number of aryl methyl sites for hydroxylation is 2. The van der Waals surface area contributed by atoms with Crippen molar-refractivity contribution in [2.45, 2.75) is 65.8 Å². The molecule has 2 aromatic rings. The first-order valence-electron chi connectivity index (χ1n) is 10.9. The topological polar surface area (TPSA) is 45.2 Å². The van der Waals surface area contributed by atoms with Crippen LogP contribution in [0.4, 0.5) is 5.13 Å². The van der Waals surface area contributed by atoms with Crippen LogP contribution < -0.4 is 10.2 Å². The maximum atomic E-state index is 12.8. The Morgan fingerprint density at radius 2 is 1.89 bits per heavy atom. The average Bonchev–Trinajstić information content (AvgIpc) is 3.10. The lowest BCUT2D eigenvalue weighted by atomic mass is 9.78. The van der Waals surface area contributed by atoms with Crippen LogP contribution >= 0.6 is 11.3 Å². The number of carbonyl (C=O) groups excluding carboxylic acids is 1. The van der Waals surface area contributed by atoms with Crippen molar-refractivity contribution in [1.29, 1.82) is 0 Å². The summed E-state index contributed by atoms with van der Waals surface area (Å²) >= 11 is 1.79. The Morgan fingerprint density at radius 3 is 2.64 bits per heavy atom. The quantitative estimate of drug-likeness (QED) is 0.784. The van der Waals surface area contributed by atoms with Crippen molar-refractivity contribution in [2.75, 3.05) is 18.0 Å². The van der Waals surface area contributed by atoms with E-state index >= 15 is 0 Å². The minimum Gasteiger partial charge on any atom is -0.353 e. The zero-order valence-electron chi connectivity index (χ0n) is 17.6. The highest BCUT2D eigenvalue weighted by atomic mass is 32.1. The molecule has 5 heteroatoms. The smallest absolute Gasteiger partial charge is 0.223 e. The number of hydrogen-bond acceptors (Lipinski definition) is 4. The van der Waals surface area contributed by atoms with Crippen LogP contribution in [0.25, 0.3) is 10.2 Å². The lowest BCUT2D eigenvalue weighted by molar-refractivity contribution is -0.127. The summed E-state index contributed by atoms with van der Waals surface area (Å²) in [6.45, 7) is 10.8. The van der Waals surface area contributed by atoms with E-state index in [0.717, 1.165) is 43.0 Å². The predicted molar refractivity (Wildman–Crippen MR) is 118 cm³/mol. The number of thiazole rings is 1. The normalized spacial score (nSPS) is 26.6. The fraction of sp³-hybridized carbons (Fsp3) is 0.652. The largest absolute Gasteiger partial charge is 0.353 e. The number of fused-ring (bicyclic) bond motifs is 1. The van der Waals surface area contributed by atoms with E-state index in [9.17, 15) is 4.79 Å². The van der Waals surface area contributed by atoms with Crippen LogP contribution in [0.3, 0.4) is 0 Å². The van der Waals surface area contributed by atoms with E-state index in [2.05, 4.69) is 50.0 Å². The van der Waals surface area contributed by atoms with Crippen LogP contribution in [0, 0.1) is 31.6 Å². The maximum absolute atomic E-state index is 12.8. The van der Waals surface area contributed by atoms with Crippen LogP contribution in [0.2, 0.25) is 0 Å². The summed E-state index contributed by atoms with van der Waals surface area (Å²) in [7, 11) is 0. The van der Waals surface area contributed by atoms with Gasteiger partial charge in [0.15, 0.2) is 5.13 Å². The van der Waals surface area contributed by atoms with Gasteiger partial charge in [0.1, 0.15) is 0 Å². The van der Waals surface area contributed by atoms with Gasteiger partial charge < -0.3 is 10.2 Å². The molecule has 2 aliphatic rings. The van der Waals surface area contributed by atoms with E-state index in [-0.39, 0.29) is 11.8 Å². The molecule has 1 saturated carbocycles. The lowest BCUT2D eigenvalue weighted by Crippen LogP contribution is -2.48. The summed E-state index contributed by atoms with van der Waals surface area (Å²) in [5, 5.41) is 4.50. The standard InChI is InChI=1S/C23H33N3OS/c1-14-12-16(3)21-20(13-14)28-23(25-21)26-10-8-18(9-11-26)22(27)24-19-7-5-6-15(2)17(19)4/h12-13,15,17-19H,5-11H2,1-4H3,(H,24,27)/t15-,17-,19-/m1/s1. The highest BCUT2D eigenvalue weighted by Crippen LogP contribution is 2.34. The molecule has 1 saturated heterocycles. The van der Waals surface area contributed by atoms with Gasteiger partial charge in [0.25, 0.3) is 0 Å². The molecule has 0 spiro atoms. The molecule has 1 amide bonds. The Bertz CT molecular complexity index is 853. The minimum absolute atomic E-state index is 0.152. The first-order chi connectivity index (χ1) is 13.4. The molecule has 1 aromatic heterocycles. The Labute approximate surface area is 172 Å². The molecule has 4 nitrogen and oxygen atoms in total. The van der Waals surface area contributed by atoms with Crippen LogP contribution in [0.1, 0.15) is 57.1 Å². The maximum Gasteiger partial charge on any atom is 0.223 e. The molecule has 1 aromatic carbocycles. The predicted octanol–water partition coefficient (Wildman–Crippen LogP) is 5.07. The van der Waals surface area contributed by atoms with Crippen molar-refractivity contribution in [1.82, 2.24) is 10.3 Å². The Hall–Kier alpha value is -1.62. The van der Waals surface area contributed by atoms with Gasteiger partial charge in [-0.2, -0.15) is 0 Å². The van der Waals surface area contributed by atoms with E-state index in [4.69, 9.17) is 4.98 Å². The number of rotatable bonds is 3. The third kappa shape index (κ3) is 3.91. The molecule has 1 aliphatic carbocycles. The second-order valence-corrected chi connectivity index (χ2v) is 10.1. The van der Waals surface area contributed by atoms with Crippen LogP contribution in [0.5, 0.6) is 0 Å². The van der Waals surface area contributed by atoms with Crippen molar-refractivity contribution in [3.05, 3.63) is 23.3 Å². The zero-order chi connectivity index (χ0) is 19.8. The Balaban J connectivity index is 1.37. The van der Waals surface area contributed by atoms with Crippen LogP contribution in [-0.2, 0) is 4.79 Å². The van der Waals surface area contributed by atoms with Gasteiger partial charge in [-0.05, 0) is 62.1 Å². The molecule has 0 unspecified atom stereocenters. The van der Waals surface area contributed by atoms with Crippen molar-refractivity contribution in [3.63, 3.8) is 0 Å². The van der Waals surface area contributed by atoms with Gasteiger partial charge in [0, 0.05) is 25.0 Å². The van der Waals surface area contributed by atoms with Gasteiger partial charge in [-0.1, -0.05) is 44.1 Å². The number of nitrogens with zero attached hydrogens (tertiary/aromatic N) is 2. The van der Waals surface area contributed by atoms with E-state index < -0.39 is 0 Å².